The van der Waals surface area contributed by atoms with Crippen molar-refractivity contribution in [3.05, 3.63) is 54.1 Å². The smallest absolute Gasteiger partial charge is 0.356 e. The van der Waals surface area contributed by atoms with Gasteiger partial charge in [0.15, 0.2) is 0 Å². The van der Waals surface area contributed by atoms with E-state index in [-0.39, 0.29) is 12.0 Å². The first-order chi connectivity index (χ1) is 9.59. The number of esters is 1. The quantitative estimate of drug-likeness (QED) is 0.784. The molecule has 0 N–H and O–H groups in total. The van der Waals surface area contributed by atoms with E-state index in [1.54, 1.807) is 12.5 Å². The minimum absolute atomic E-state index is 0.0419. The van der Waals surface area contributed by atoms with Gasteiger partial charge < -0.3 is 9.30 Å². The largest absolute Gasteiger partial charge is 0.461 e. The number of benzene rings is 1. The highest BCUT2D eigenvalue weighted by molar-refractivity contribution is 5.87. The minimum atomic E-state index is -0.320. The fraction of sp³-hybridized carbons (Fsp3) is 0.375. The Balaban J connectivity index is 2.18. The van der Waals surface area contributed by atoms with E-state index in [0.29, 0.717) is 18.2 Å². The van der Waals surface area contributed by atoms with Crippen LogP contribution >= 0.6 is 0 Å². The molecule has 0 amide bonds. The number of rotatable bonds is 5. The molecule has 1 heterocycles. The maximum Gasteiger partial charge on any atom is 0.356 e. The van der Waals surface area contributed by atoms with Gasteiger partial charge in [-0.25, -0.2) is 9.78 Å². The van der Waals surface area contributed by atoms with Crippen LogP contribution in [0.4, 0.5) is 0 Å². The molecule has 0 fully saturated rings. The van der Waals surface area contributed by atoms with Crippen molar-refractivity contribution in [3.63, 3.8) is 0 Å². The normalized spacial score (nSPS) is 12.4. The van der Waals surface area contributed by atoms with E-state index < -0.39 is 0 Å². The maximum absolute atomic E-state index is 12.1. The van der Waals surface area contributed by atoms with Gasteiger partial charge in [-0.1, -0.05) is 44.2 Å². The number of carbonyl (C=O) groups excluding carboxylic acids is 1. The first kappa shape index (κ1) is 14.3. The number of nitrogens with zero attached hydrogens (tertiary/aromatic N) is 2. The molecule has 0 unspecified atom stereocenters. The summed E-state index contributed by atoms with van der Waals surface area (Å²) >= 11 is 0. The fourth-order valence-corrected chi connectivity index (χ4v) is 1.98. The van der Waals surface area contributed by atoms with Crippen LogP contribution in [0.2, 0.25) is 0 Å². The van der Waals surface area contributed by atoms with Crippen LogP contribution in [0, 0.1) is 5.92 Å². The van der Waals surface area contributed by atoms with Gasteiger partial charge in [0, 0.05) is 0 Å². The lowest BCUT2D eigenvalue weighted by Crippen LogP contribution is -2.17. The van der Waals surface area contributed by atoms with Gasteiger partial charge in [0.25, 0.3) is 0 Å². The Labute approximate surface area is 119 Å². The summed E-state index contributed by atoms with van der Waals surface area (Å²) in [5, 5.41) is 0. The Morgan fingerprint density at radius 3 is 2.60 bits per heavy atom. The second kappa shape index (κ2) is 6.37. The molecule has 0 bridgehead atoms. The van der Waals surface area contributed by atoms with Crippen LogP contribution in [-0.4, -0.2) is 22.1 Å². The lowest BCUT2D eigenvalue weighted by Gasteiger charge is -2.16. The van der Waals surface area contributed by atoms with Gasteiger partial charge in [-0.3, -0.25) is 0 Å². The number of hydrogen-bond donors (Lipinski definition) is 0. The van der Waals surface area contributed by atoms with Crippen molar-refractivity contribution in [2.75, 3.05) is 6.61 Å². The summed E-state index contributed by atoms with van der Waals surface area (Å²) in [5.74, 6) is 0.000786. The van der Waals surface area contributed by atoms with Crippen molar-refractivity contribution < 1.29 is 9.53 Å². The fourth-order valence-electron chi connectivity index (χ4n) is 1.98. The minimum Gasteiger partial charge on any atom is -0.461 e. The second-order valence-electron chi connectivity index (χ2n) is 5.27. The zero-order valence-electron chi connectivity index (χ0n) is 12.1. The van der Waals surface area contributed by atoms with Crippen LogP contribution in [0.5, 0.6) is 0 Å². The number of imidazole rings is 1. The van der Waals surface area contributed by atoms with E-state index in [0.717, 1.165) is 5.56 Å². The van der Waals surface area contributed by atoms with E-state index in [1.165, 1.54) is 0 Å². The summed E-state index contributed by atoms with van der Waals surface area (Å²) in [6, 6.07) is 10.1. The molecule has 1 aromatic heterocycles. The van der Waals surface area contributed by atoms with Crippen molar-refractivity contribution in [1.29, 1.82) is 0 Å². The summed E-state index contributed by atoms with van der Waals surface area (Å²) in [6.07, 6.45) is 3.23. The monoisotopic (exact) mass is 272 g/mol. The van der Waals surface area contributed by atoms with E-state index in [9.17, 15) is 4.79 Å². The number of aromatic nitrogens is 2. The summed E-state index contributed by atoms with van der Waals surface area (Å²) in [7, 11) is 0. The average molecular weight is 272 g/mol. The standard InChI is InChI=1S/C16H20N2O2/c1-12(2)10-20-16(19)15-9-17-11-18(15)13(3)14-7-5-4-6-8-14/h4-9,11-13H,10H2,1-3H3/t13-/m1/s1. The number of hydrogen-bond acceptors (Lipinski definition) is 3. The van der Waals surface area contributed by atoms with Crippen LogP contribution in [0.1, 0.15) is 42.9 Å². The maximum atomic E-state index is 12.1. The van der Waals surface area contributed by atoms with E-state index >= 15 is 0 Å². The topological polar surface area (TPSA) is 44.1 Å². The van der Waals surface area contributed by atoms with E-state index in [2.05, 4.69) is 4.98 Å². The van der Waals surface area contributed by atoms with Crippen molar-refractivity contribution in [2.45, 2.75) is 26.8 Å². The first-order valence-electron chi connectivity index (χ1n) is 6.83. The molecule has 4 nitrogen and oxygen atoms in total. The summed E-state index contributed by atoms with van der Waals surface area (Å²) in [5.41, 5.74) is 1.62. The summed E-state index contributed by atoms with van der Waals surface area (Å²) in [6.45, 7) is 6.48. The number of carbonyl (C=O) groups is 1. The highest BCUT2D eigenvalue weighted by Gasteiger charge is 2.18. The van der Waals surface area contributed by atoms with Crippen LogP contribution in [0.25, 0.3) is 0 Å². The average Bonchev–Trinajstić information content (AvgIpc) is 2.94. The predicted octanol–water partition coefficient (Wildman–Crippen LogP) is 3.31. The van der Waals surface area contributed by atoms with Crippen molar-refractivity contribution in [1.82, 2.24) is 9.55 Å². The van der Waals surface area contributed by atoms with Gasteiger partial charge >= 0.3 is 5.97 Å². The van der Waals surface area contributed by atoms with Gasteiger partial charge in [-0.15, -0.1) is 0 Å². The molecule has 0 saturated carbocycles. The molecular formula is C16H20N2O2. The molecule has 0 spiro atoms. The summed E-state index contributed by atoms with van der Waals surface area (Å²) < 4.78 is 7.12. The molecule has 0 aliphatic heterocycles. The van der Waals surface area contributed by atoms with Crippen molar-refractivity contribution >= 4 is 5.97 Å². The Kier molecular flexibility index (Phi) is 4.56. The highest BCUT2D eigenvalue weighted by Crippen LogP contribution is 2.19. The van der Waals surface area contributed by atoms with Gasteiger partial charge in [0.05, 0.1) is 25.2 Å². The SMILES string of the molecule is CC(C)COC(=O)c1cncn1[C@H](C)c1ccccc1. The van der Waals surface area contributed by atoms with Gasteiger partial charge in [0.2, 0.25) is 0 Å². The molecule has 1 atom stereocenters. The Morgan fingerprint density at radius 2 is 1.95 bits per heavy atom. The first-order valence-corrected chi connectivity index (χ1v) is 6.83. The second-order valence-corrected chi connectivity index (χ2v) is 5.27. The Bertz CT molecular complexity index is 561. The lowest BCUT2D eigenvalue weighted by molar-refractivity contribution is 0.0445. The highest BCUT2D eigenvalue weighted by atomic mass is 16.5. The molecule has 0 saturated heterocycles. The van der Waals surface area contributed by atoms with Crippen LogP contribution in [-0.2, 0) is 4.74 Å². The molecule has 0 aliphatic rings. The molecule has 4 heteroatoms. The molecular weight excluding hydrogens is 252 g/mol. The van der Waals surface area contributed by atoms with Crippen molar-refractivity contribution in [2.24, 2.45) is 5.92 Å². The predicted molar refractivity (Wildman–Crippen MR) is 77.6 cm³/mol. The van der Waals surface area contributed by atoms with Crippen LogP contribution in [0.15, 0.2) is 42.9 Å². The van der Waals surface area contributed by atoms with Crippen molar-refractivity contribution in [3.8, 4) is 0 Å². The zero-order chi connectivity index (χ0) is 14.5. The molecule has 20 heavy (non-hydrogen) atoms. The third-order valence-electron chi connectivity index (χ3n) is 3.12. The third-order valence-corrected chi connectivity index (χ3v) is 3.12. The molecule has 106 valence electrons. The Morgan fingerprint density at radius 1 is 1.25 bits per heavy atom. The lowest BCUT2D eigenvalue weighted by atomic mass is 10.1. The summed E-state index contributed by atoms with van der Waals surface area (Å²) in [4.78, 5) is 16.2. The Hall–Kier alpha value is -2.10. The molecule has 2 rings (SSSR count). The van der Waals surface area contributed by atoms with Gasteiger partial charge in [0.1, 0.15) is 5.69 Å². The van der Waals surface area contributed by atoms with E-state index in [1.807, 2.05) is 55.7 Å². The molecule has 2 aromatic rings. The van der Waals surface area contributed by atoms with Gasteiger partial charge in [-0.2, -0.15) is 0 Å². The number of ether oxygens (including phenoxy) is 1. The molecule has 0 radical (unpaired) electrons. The van der Waals surface area contributed by atoms with Gasteiger partial charge in [-0.05, 0) is 18.4 Å². The van der Waals surface area contributed by atoms with E-state index in [4.69, 9.17) is 4.74 Å². The van der Waals surface area contributed by atoms with Crippen LogP contribution in [0.3, 0.4) is 0 Å². The third kappa shape index (κ3) is 3.26. The molecule has 0 aliphatic carbocycles. The molecule has 1 aromatic carbocycles. The van der Waals surface area contributed by atoms with Crippen LogP contribution < -0.4 is 0 Å². The zero-order valence-corrected chi connectivity index (χ0v) is 12.1.